The molecule has 5 heteroatoms. The first kappa shape index (κ1) is 28.5. The van der Waals surface area contributed by atoms with Crippen LogP contribution in [0.15, 0.2) is 181 Å². The monoisotopic (exact) mass is 681 g/mol. The van der Waals surface area contributed by atoms with Crippen molar-refractivity contribution in [2.24, 2.45) is 0 Å². The van der Waals surface area contributed by atoms with E-state index in [4.69, 9.17) is 17.7 Å². The first-order valence-corrected chi connectivity index (χ1v) is 17.7. The van der Waals surface area contributed by atoms with E-state index in [0.717, 1.165) is 116 Å². The minimum atomic E-state index is 0.780. The normalized spacial score (nSPS) is 12.2. The molecular formula is C48H27NO4. The van der Waals surface area contributed by atoms with Gasteiger partial charge in [0, 0.05) is 32.6 Å². The summed E-state index contributed by atoms with van der Waals surface area (Å²) >= 11 is 0. The van der Waals surface area contributed by atoms with E-state index >= 15 is 0 Å². The lowest BCUT2D eigenvalue weighted by Gasteiger charge is -2.27. The SMILES string of the molecule is c1ccc2c(c1)oc1cc(-c3ccc(N(c4cccc5oc6ccccc6c45)c4cccc5oc6ccc7c8ccccc8oc7c6c45)cc3)ccc12. The van der Waals surface area contributed by atoms with Crippen molar-refractivity contribution in [3.8, 4) is 11.1 Å². The lowest BCUT2D eigenvalue weighted by atomic mass is 10.0. The molecule has 4 aromatic heterocycles. The van der Waals surface area contributed by atoms with Crippen molar-refractivity contribution in [2.45, 2.75) is 0 Å². The second-order valence-corrected chi connectivity index (χ2v) is 13.6. The Balaban J connectivity index is 1.11. The number of rotatable bonds is 4. The molecule has 248 valence electrons. The predicted molar refractivity (Wildman–Crippen MR) is 216 cm³/mol. The Labute approximate surface area is 301 Å². The molecule has 53 heavy (non-hydrogen) atoms. The van der Waals surface area contributed by atoms with Gasteiger partial charge in [0.25, 0.3) is 0 Å². The highest BCUT2D eigenvalue weighted by Crippen LogP contribution is 2.49. The van der Waals surface area contributed by atoms with Crippen LogP contribution in [-0.2, 0) is 0 Å². The fourth-order valence-corrected chi connectivity index (χ4v) is 8.31. The van der Waals surface area contributed by atoms with Crippen LogP contribution in [0.3, 0.4) is 0 Å². The van der Waals surface area contributed by atoms with E-state index in [2.05, 4.69) is 120 Å². The molecule has 0 aliphatic heterocycles. The van der Waals surface area contributed by atoms with Crippen LogP contribution in [0.5, 0.6) is 0 Å². The zero-order valence-electron chi connectivity index (χ0n) is 28.2. The first-order valence-electron chi connectivity index (χ1n) is 17.7. The van der Waals surface area contributed by atoms with E-state index in [-0.39, 0.29) is 0 Å². The van der Waals surface area contributed by atoms with E-state index in [1.807, 2.05) is 48.5 Å². The molecule has 0 bridgehead atoms. The first-order chi connectivity index (χ1) is 26.3. The zero-order chi connectivity index (χ0) is 34.6. The maximum Gasteiger partial charge on any atom is 0.147 e. The van der Waals surface area contributed by atoms with Crippen LogP contribution in [0.4, 0.5) is 17.1 Å². The molecule has 12 rings (SSSR count). The summed E-state index contributed by atoms with van der Waals surface area (Å²) in [4.78, 5) is 2.33. The van der Waals surface area contributed by atoms with E-state index in [9.17, 15) is 0 Å². The molecule has 0 aliphatic carbocycles. The summed E-state index contributed by atoms with van der Waals surface area (Å²) in [6.45, 7) is 0. The van der Waals surface area contributed by atoms with E-state index in [1.165, 1.54) is 0 Å². The van der Waals surface area contributed by atoms with Crippen LogP contribution in [0.1, 0.15) is 0 Å². The molecule has 0 N–H and O–H groups in total. The van der Waals surface area contributed by atoms with Gasteiger partial charge in [-0.3, -0.25) is 0 Å². The Morgan fingerprint density at radius 3 is 1.58 bits per heavy atom. The van der Waals surface area contributed by atoms with Crippen molar-refractivity contribution in [3.05, 3.63) is 164 Å². The van der Waals surface area contributed by atoms with Crippen molar-refractivity contribution in [3.63, 3.8) is 0 Å². The Bertz CT molecular complexity index is 3410. The number of fused-ring (bicyclic) bond motifs is 13. The zero-order valence-corrected chi connectivity index (χ0v) is 28.2. The summed E-state index contributed by atoms with van der Waals surface area (Å²) in [5.74, 6) is 0. The summed E-state index contributed by atoms with van der Waals surface area (Å²) in [6, 6.07) is 56.6. The molecule has 0 saturated carbocycles. The van der Waals surface area contributed by atoms with Crippen molar-refractivity contribution < 1.29 is 17.7 Å². The molecule has 8 aromatic carbocycles. The lowest BCUT2D eigenvalue weighted by Crippen LogP contribution is -2.10. The fraction of sp³-hybridized carbons (Fsp3) is 0. The van der Waals surface area contributed by atoms with E-state index in [0.29, 0.717) is 0 Å². The Morgan fingerprint density at radius 1 is 0.302 bits per heavy atom. The van der Waals surface area contributed by atoms with Gasteiger partial charge in [-0.05, 0) is 90.0 Å². The van der Waals surface area contributed by atoms with Crippen LogP contribution < -0.4 is 4.90 Å². The molecule has 0 saturated heterocycles. The van der Waals surface area contributed by atoms with Crippen LogP contribution in [0.2, 0.25) is 0 Å². The van der Waals surface area contributed by atoms with Crippen molar-refractivity contribution in [2.75, 3.05) is 4.90 Å². The van der Waals surface area contributed by atoms with Crippen molar-refractivity contribution in [1.82, 2.24) is 0 Å². The Morgan fingerprint density at radius 2 is 0.811 bits per heavy atom. The van der Waals surface area contributed by atoms with Gasteiger partial charge < -0.3 is 22.6 Å². The number of para-hydroxylation sites is 3. The highest BCUT2D eigenvalue weighted by atomic mass is 16.3. The molecule has 12 aromatic rings. The molecular weight excluding hydrogens is 655 g/mol. The third-order valence-electron chi connectivity index (χ3n) is 10.7. The number of hydrogen-bond donors (Lipinski definition) is 0. The second-order valence-electron chi connectivity index (χ2n) is 13.6. The predicted octanol–water partition coefficient (Wildman–Crippen LogP) is 14.4. The number of nitrogens with zero attached hydrogens (tertiary/aromatic N) is 1. The molecule has 0 spiro atoms. The van der Waals surface area contributed by atoms with Crippen LogP contribution in [0, 0.1) is 0 Å². The van der Waals surface area contributed by atoms with Gasteiger partial charge in [-0.25, -0.2) is 0 Å². The maximum atomic E-state index is 6.61. The number of hydrogen-bond acceptors (Lipinski definition) is 5. The Kier molecular flexibility index (Phi) is 5.71. The van der Waals surface area contributed by atoms with Gasteiger partial charge in [0.2, 0.25) is 0 Å². The topological polar surface area (TPSA) is 55.8 Å². The largest absolute Gasteiger partial charge is 0.456 e. The van der Waals surface area contributed by atoms with Crippen LogP contribution in [0.25, 0.3) is 98.9 Å². The average molecular weight is 682 g/mol. The molecule has 0 unspecified atom stereocenters. The fourth-order valence-electron chi connectivity index (χ4n) is 8.31. The minimum Gasteiger partial charge on any atom is -0.456 e. The van der Waals surface area contributed by atoms with Crippen LogP contribution >= 0.6 is 0 Å². The van der Waals surface area contributed by atoms with Gasteiger partial charge >= 0.3 is 0 Å². The molecule has 5 nitrogen and oxygen atoms in total. The summed E-state index contributed by atoms with van der Waals surface area (Å²) < 4.78 is 25.8. The number of benzene rings is 8. The molecule has 4 heterocycles. The molecule has 0 radical (unpaired) electrons. The Hall–Kier alpha value is -7.24. The van der Waals surface area contributed by atoms with Crippen molar-refractivity contribution in [1.29, 1.82) is 0 Å². The molecule has 0 atom stereocenters. The summed E-state index contributed by atoms with van der Waals surface area (Å²) in [5, 5.41) is 8.42. The summed E-state index contributed by atoms with van der Waals surface area (Å²) in [5.41, 5.74) is 11.8. The second kappa shape index (κ2) is 10.6. The summed E-state index contributed by atoms with van der Waals surface area (Å²) in [7, 11) is 0. The summed E-state index contributed by atoms with van der Waals surface area (Å²) in [6.07, 6.45) is 0. The number of anilines is 3. The highest BCUT2D eigenvalue weighted by molar-refractivity contribution is 6.26. The standard InChI is InChI=1S/C48H27NO4/c1-4-14-38-31(9-1)33-24-21-29(27-44(33)51-38)28-19-22-30(23-20-28)49(36-12-7-17-41-45(36)35-11-3-6-16-40(35)50-41)37-13-8-18-42-46(37)47-43(52-42)26-25-34-32-10-2-5-15-39(32)53-48(34)47/h1-27H. The highest BCUT2D eigenvalue weighted by Gasteiger charge is 2.25. The van der Waals surface area contributed by atoms with E-state index in [1.54, 1.807) is 0 Å². The maximum absolute atomic E-state index is 6.61. The molecule has 0 fully saturated rings. The van der Waals surface area contributed by atoms with Gasteiger partial charge in [-0.15, -0.1) is 0 Å². The smallest absolute Gasteiger partial charge is 0.147 e. The van der Waals surface area contributed by atoms with E-state index < -0.39 is 0 Å². The molecule has 0 amide bonds. The third kappa shape index (κ3) is 4.07. The van der Waals surface area contributed by atoms with Gasteiger partial charge in [-0.1, -0.05) is 84.9 Å². The third-order valence-corrected chi connectivity index (χ3v) is 10.7. The van der Waals surface area contributed by atoms with Gasteiger partial charge in [0.05, 0.1) is 27.5 Å². The van der Waals surface area contributed by atoms with Gasteiger partial charge in [-0.2, -0.15) is 0 Å². The lowest BCUT2D eigenvalue weighted by molar-refractivity contribution is 0.662. The quantitative estimate of drug-likeness (QED) is 0.185. The van der Waals surface area contributed by atoms with Crippen LogP contribution in [-0.4, -0.2) is 0 Å². The average Bonchev–Trinajstić information content (AvgIpc) is 3.98. The van der Waals surface area contributed by atoms with Gasteiger partial charge in [0.1, 0.15) is 44.7 Å². The molecule has 0 aliphatic rings. The van der Waals surface area contributed by atoms with Gasteiger partial charge in [0.15, 0.2) is 0 Å². The number of furan rings is 4. The minimum absolute atomic E-state index is 0.780. The van der Waals surface area contributed by atoms with Crippen molar-refractivity contribution >= 4 is 105 Å².